The van der Waals surface area contributed by atoms with Crippen molar-refractivity contribution in [3.63, 3.8) is 0 Å². The molecule has 3 rings (SSSR count). The maximum absolute atomic E-state index is 14.0. The Balaban J connectivity index is 1.93. The first kappa shape index (κ1) is 19.3. The highest BCUT2D eigenvalue weighted by atomic mass is 79.9. The molecule has 0 radical (unpaired) electrons. The third-order valence-electron chi connectivity index (χ3n) is 3.74. The lowest BCUT2D eigenvalue weighted by molar-refractivity contribution is 0.384. The number of nitriles is 1. The summed E-state index contributed by atoms with van der Waals surface area (Å²) in [4.78, 5) is 18.9. The van der Waals surface area contributed by atoms with E-state index in [1.807, 2.05) is 12.1 Å². The quantitative estimate of drug-likeness (QED) is 0.464. The highest BCUT2D eigenvalue weighted by molar-refractivity contribution is 9.10. The van der Waals surface area contributed by atoms with Crippen LogP contribution in [-0.4, -0.2) is 23.3 Å². The summed E-state index contributed by atoms with van der Waals surface area (Å²) in [5.74, 6) is -0.496. The third-order valence-corrected chi connectivity index (χ3v) is 4.35. The van der Waals surface area contributed by atoms with Crippen molar-refractivity contribution >= 4 is 28.1 Å². The number of hydrogen-bond acceptors (Lipinski definition) is 6. The van der Waals surface area contributed by atoms with Crippen molar-refractivity contribution in [2.75, 3.05) is 12.5 Å². The number of nitrogens with one attached hydrogen (secondary N) is 2. The van der Waals surface area contributed by atoms with Gasteiger partial charge in [0.05, 0.1) is 23.5 Å². The summed E-state index contributed by atoms with van der Waals surface area (Å²) >= 11 is 3.09. The minimum absolute atomic E-state index is 0.0196. The molecule has 0 saturated heterocycles. The van der Waals surface area contributed by atoms with Crippen LogP contribution in [0.15, 0.2) is 56.8 Å². The van der Waals surface area contributed by atoms with Crippen LogP contribution >= 0.6 is 15.9 Å². The number of anilines is 1. The molecular formula is C19H13BrFN5O2. The van der Waals surface area contributed by atoms with Crippen LogP contribution in [0.4, 0.5) is 10.3 Å². The number of H-pyrrole nitrogens is 1. The molecule has 1 aromatic heterocycles. The molecule has 0 aliphatic carbocycles. The summed E-state index contributed by atoms with van der Waals surface area (Å²) < 4.78 is 19.4. The Bertz CT molecular complexity index is 1140. The zero-order valence-corrected chi connectivity index (χ0v) is 16.1. The predicted octanol–water partition coefficient (Wildman–Crippen LogP) is 3.66. The molecule has 0 saturated carbocycles. The number of aromatic amines is 1. The Morgan fingerprint density at radius 1 is 1.32 bits per heavy atom. The van der Waals surface area contributed by atoms with Crippen LogP contribution in [0.2, 0.25) is 0 Å². The minimum atomic E-state index is -0.596. The standard InChI is InChI=1S/C19H13BrFN5O2/c1-28-17-12(7-8-14(20)15(17)21)10-23-26-19-24-16(11-5-3-2-4-6-11)13(9-22)18(27)25-19/h2-8,10H,1H3,(H2,24,25,26,27). The molecule has 3 aromatic rings. The molecule has 28 heavy (non-hydrogen) atoms. The molecule has 140 valence electrons. The third kappa shape index (κ3) is 3.92. The van der Waals surface area contributed by atoms with Crippen LogP contribution in [0.5, 0.6) is 5.75 Å². The molecule has 9 heteroatoms. The van der Waals surface area contributed by atoms with Crippen molar-refractivity contribution in [2.45, 2.75) is 0 Å². The second-order valence-corrected chi connectivity index (χ2v) is 6.32. The van der Waals surface area contributed by atoms with Crippen molar-refractivity contribution in [1.82, 2.24) is 9.97 Å². The SMILES string of the molecule is COc1c(C=NNc2nc(-c3ccccc3)c(C#N)c(=O)[nH]2)ccc(Br)c1F. The summed E-state index contributed by atoms with van der Waals surface area (Å²) in [6.45, 7) is 0. The number of hydrazone groups is 1. The Hall–Kier alpha value is -3.51. The fraction of sp³-hybridized carbons (Fsp3) is 0.0526. The summed E-state index contributed by atoms with van der Waals surface area (Å²) in [6.07, 6.45) is 1.33. The monoisotopic (exact) mass is 441 g/mol. The topological polar surface area (TPSA) is 103 Å². The fourth-order valence-corrected chi connectivity index (χ4v) is 2.77. The predicted molar refractivity (Wildman–Crippen MR) is 107 cm³/mol. The van der Waals surface area contributed by atoms with Crippen molar-refractivity contribution in [2.24, 2.45) is 5.10 Å². The Morgan fingerprint density at radius 3 is 2.75 bits per heavy atom. The van der Waals surface area contributed by atoms with Crippen molar-refractivity contribution < 1.29 is 9.13 Å². The minimum Gasteiger partial charge on any atom is -0.493 e. The number of ether oxygens (including phenoxy) is 1. The maximum atomic E-state index is 14.0. The molecule has 0 aliphatic rings. The van der Waals surface area contributed by atoms with Gasteiger partial charge in [-0.15, -0.1) is 0 Å². The summed E-state index contributed by atoms with van der Waals surface area (Å²) in [5.41, 5.74) is 3.13. The molecular weight excluding hydrogens is 429 g/mol. The van der Waals surface area contributed by atoms with Gasteiger partial charge in [-0.25, -0.2) is 14.8 Å². The molecule has 0 fully saturated rings. The average molecular weight is 442 g/mol. The highest BCUT2D eigenvalue weighted by Gasteiger charge is 2.13. The molecule has 0 bridgehead atoms. The van der Waals surface area contributed by atoms with Crippen LogP contribution in [0.1, 0.15) is 11.1 Å². The lowest BCUT2D eigenvalue weighted by Crippen LogP contribution is -2.16. The van der Waals surface area contributed by atoms with E-state index in [9.17, 15) is 14.4 Å². The van der Waals surface area contributed by atoms with Gasteiger partial charge in [-0.05, 0) is 28.1 Å². The molecule has 0 amide bonds. The molecule has 1 heterocycles. The van der Waals surface area contributed by atoms with E-state index in [1.165, 1.54) is 19.4 Å². The van der Waals surface area contributed by atoms with Gasteiger partial charge in [0.15, 0.2) is 11.6 Å². The first-order chi connectivity index (χ1) is 13.5. The Morgan fingerprint density at radius 2 is 2.07 bits per heavy atom. The van der Waals surface area contributed by atoms with E-state index in [2.05, 4.69) is 36.4 Å². The van der Waals surface area contributed by atoms with Crippen LogP contribution in [0.3, 0.4) is 0 Å². The Labute approximate surface area is 167 Å². The largest absolute Gasteiger partial charge is 0.493 e. The van der Waals surface area contributed by atoms with Gasteiger partial charge in [-0.2, -0.15) is 10.4 Å². The lowest BCUT2D eigenvalue weighted by Gasteiger charge is -2.08. The number of hydrogen-bond donors (Lipinski definition) is 2. The zero-order valence-electron chi connectivity index (χ0n) is 14.5. The molecule has 7 nitrogen and oxygen atoms in total. The number of halogens is 2. The van der Waals surface area contributed by atoms with Gasteiger partial charge in [0.25, 0.3) is 5.56 Å². The van der Waals surface area contributed by atoms with Crippen molar-refractivity contribution in [3.05, 3.63) is 74.2 Å². The van der Waals surface area contributed by atoms with E-state index in [0.717, 1.165) is 0 Å². The maximum Gasteiger partial charge on any atom is 0.270 e. The molecule has 0 spiro atoms. The Kier molecular flexibility index (Phi) is 5.81. The molecule has 2 aromatic carbocycles. The number of nitrogens with zero attached hydrogens (tertiary/aromatic N) is 3. The second kappa shape index (κ2) is 8.45. The van der Waals surface area contributed by atoms with E-state index in [-0.39, 0.29) is 27.4 Å². The van der Waals surface area contributed by atoms with Gasteiger partial charge in [0.1, 0.15) is 11.6 Å². The number of benzene rings is 2. The van der Waals surface area contributed by atoms with E-state index in [4.69, 9.17) is 4.74 Å². The molecule has 0 aliphatic heterocycles. The van der Waals surface area contributed by atoms with E-state index < -0.39 is 11.4 Å². The fourth-order valence-electron chi connectivity index (χ4n) is 2.45. The van der Waals surface area contributed by atoms with Gasteiger partial charge in [-0.1, -0.05) is 30.3 Å². The highest BCUT2D eigenvalue weighted by Crippen LogP contribution is 2.28. The van der Waals surface area contributed by atoms with E-state index >= 15 is 0 Å². The van der Waals surface area contributed by atoms with Crippen LogP contribution in [0, 0.1) is 17.1 Å². The average Bonchev–Trinajstić information content (AvgIpc) is 2.71. The number of methoxy groups -OCH3 is 1. The van der Waals surface area contributed by atoms with E-state index in [0.29, 0.717) is 11.1 Å². The van der Waals surface area contributed by atoms with Gasteiger partial charge in [0.2, 0.25) is 5.95 Å². The molecule has 0 atom stereocenters. The van der Waals surface area contributed by atoms with E-state index in [1.54, 1.807) is 30.3 Å². The van der Waals surface area contributed by atoms with Crippen LogP contribution in [-0.2, 0) is 0 Å². The van der Waals surface area contributed by atoms with Gasteiger partial charge in [-0.3, -0.25) is 9.78 Å². The smallest absolute Gasteiger partial charge is 0.270 e. The molecule has 0 unspecified atom stereocenters. The second-order valence-electron chi connectivity index (χ2n) is 5.47. The van der Waals surface area contributed by atoms with Crippen LogP contribution < -0.4 is 15.7 Å². The van der Waals surface area contributed by atoms with Gasteiger partial charge >= 0.3 is 0 Å². The van der Waals surface area contributed by atoms with Gasteiger partial charge < -0.3 is 4.74 Å². The normalized spacial score (nSPS) is 10.6. The van der Waals surface area contributed by atoms with Crippen LogP contribution in [0.25, 0.3) is 11.3 Å². The zero-order chi connectivity index (χ0) is 20.1. The van der Waals surface area contributed by atoms with Crippen molar-refractivity contribution in [1.29, 1.82) is 5.26 Å². The number of rotatable bonds is 5. The summed E-state index contributed by atoms with van der Waals surface area (Å²) in [7, 11) is 1.35. The first-order valence-corrected chi connectivity index (χ1v) is 8.75. The molecule has 2 N–H and O–H groups in total. The van der Waals surface area contributed by atoms with Crippen molar-refractivity contribution in [3.8, 4) is 23.1 Å². The lowest BCUT2D eigenvalue weighted by atomic mass is 10.1. The first-order valence-electron chi connectivity index (χ1n) is 7.96. The number of aromatic nitrogens is 2. The van der Waals surface area contributed by atoms with Gasteiger partial charge in [0, 0.05) is 11.1 Å². The summed E-state index contributed by atoms with van der Waals surface area (Å²) in [6, 6.07) is 13.9. The summed E-state index contributed by atoms with van der Waals surface area (Å²) in [5, 5.41) is 13.2.